The van der Waals surface area contributed by atoms with Crippen molar-refractivity contribution in [1.29, 1.82) is 0 Å². The summed E-state index contributed by atoms with van der Waals surface area (Å²) < 4.78 is 62.8. The zero-order valence-electron chi connectivity index (χ0n) is 15.4. The van der Waals surface area contributed by atoms with Gasteiger partial charge in [-0.25, -0.2) is 8.42 Å². The maximum atomic E-state index is 12.9. The lowest BCUT2D eigenvalue weighted by Gasteiger charge is -2.24. The van der Waals surface area contributed by atoms with Crippen LogP contribution in [0.2, 0.25) is 5.02 Å². The van der Waals surface area contributed by atoms with Crippen molar-refractivity contribution in [3.8, 4) is 0 Å². The van der Waals surface area contributed by atoms with Crippen LogP contribution in [-0.4, -0.2) is 42.3 Å². The van der Waals surface area contributed by atoms with Crippen LogP contribution in [0, 0.1) is 0 Å². The molecule has 0 aliphatic carbocycles. The largest absolute Gasteiger partial charge is 0.417 e. The first-order chi connectivity index (χ1) is 12.2. The van der Waals surface area contributed by atoms with Gasteiger partial charge in [0.05, 0.1) is 20.6 Å². The molecule has 1 fully saturated rings. The van der Waals surface area contributed by atoms with Crippen molar-refractivity contribution in [2.45, 2.75) is 56.2 Å². The van der Waals surface area contributed by atoms with Crippen LogP contribution in [0.4, 0.5) is 13.2 Å². The number of aryl methyl sites for hydroxylation is 1. The van der Waals surface area contributed by atoms with Crippen molar-refractivity contribution in [1.82, 2.24) is 4.90 Å². The van der Waals surface area contributed by atoms with Gasteiger partial charge in [-0.1, -0.05) is 17.7 Å². The molecule has 27 heavy (non-hydrogen) atoms. The molecular weight excluding hydrogens is 403 g/mol. The van der Waals surface area contributed by atoms with Gasteiger partial charge in [-0.15, -0.1) is 0 Å². The highest BCUT2D eigenvalue weighted by molar-refractivity contribution is 7.93. The quantitative estimate of drug-likeness (QED) is 0.729. The Hall–Kier alpha value is -1.28. The van der Waals surface area contributed by atoms with Crippen LogP contribution < -0.4 is 0 Å². The molecule has 9 heteroatoms. The molecule has 1 aliphatic rings. The Morgan fingerprint density at radius 3 is 2.44 bits per heavy atom. The minimum atomic E-state index is -4.55. The van der Waals surface area contributed by atoms with Crippen LogP contribution in [0.1, 0.15) is 44.7 Å². The van der Waals surface area contributed by atoms with Gasteiger partial charge < -0.3 is 4.90 Å². The number of rotatable bonds is 4. The second kappa shape index (κ2) is 7.62. The third-order valence-corrected chi connectivity index (χ3v) is 8.05. The van der Waals surface area contributed by atoms with Gasteiger partial charge in [0, 0.05) is 19.5 Å². The first-order valence-corrected chi connectivity index (χ1v) is 10.5. The van der Waals surface area contributed by atoms with E-state index in [1.54, 1.807) is 20.8 Å². The van der Waals surface area contributed by atoms with Gasteiger partial charge in [0.25, 0.3) is 0 Å². The van der Waals surface area contributed by atoms with E-state index in [0.29, 0.717) is 18.5 Å². The summed E-state index contributed by atoms with van der Waals surface area (Å²) in [5.41, 5.74) is -0.565. The molecule has 152 valence electrons. The summed E-state index contributed by atoms with van der Waals surface area (Å²) in [4.78, 5) is 13.9. The van der Waals surface area contributed by atoms with Gasteiger partial charge in [-0.05, 0) is 51.3 Å². The molecule has 0 unspecified atom stereocenters. The molecule has 2 rings (SSSR count). The molecule has 1 atom stereocenters. The number of alkyl halides is 3. The van der Waals surface area contributed by atoms with Crippen LogP contribution in [0.25, 0.3) is 0 Å². The summed E-state index contributed by atoms with van der Waals surface area (Å²) in [6, 6.07) is 3.58. The van der Waals surface area contributed by atoms with Crippen molar-refractivity contribution >= 4 is 27.3 Å². The lowest BCUT2D eigenvalue weighted by atomic mass is 10.1. The van der Waals surface area contributed by atoms with Crippen LogP contribution in [0.3, 0.4) is 0 Å². The SMILES string of the molecule is CC(C)(C)S(=O)(=O)[C@@H]1CCN(C(=O)CCc2ccc(Cl)c(C(F)(F)F)c2)C1. The first-order valence-electron chi connectivity index (χ1n) is 8.60. The van der Waals surface area contributed by atoms with Gasteiger partial charge in [0.2, 0.25) is 5.91 Å². The average Bonchev–Trinajstić information content (AvgIpc) is 3.02. The van der Waals surface area contributed by atoms with E-state index in [1.165, 1.54) is 17.0 Å². The Morgan fingerprint density at radius 2 is 1.89 bits per heavy atom. The number of benzene rings is 1. The number of carbonyl (C=O) groups excluding carboxylic acids is 1. The Labute approximate surface area is 162 Å². The van der Waals surface area contributed by atoms with Crippen LogP contribution in [0.15, 0.2) is 18.2 Å². The Bertz CT molecular complexity index is 816. The van der Waals surface area contributed by atoms with E-state index in [4.69, 9.17) is 11.6 Å². The first kappa shape index (κ1) is 22.0. The monoisotopic (exact) mass is 425 g/mol. The maximum Gasteiger partial charge on any atom is 0.417 e. The maximum absolute atomic E-state index is 12.9. The molecule has 1 aromatic carbocycles. The van der Waals surface area contributed by atoms with Gasteiger partial charge >= 0.3 is 6.18 Å². The molecule has 0 radical (unpaired) electrons. The molecule has 4 nitrogen and oxygen atoms in total. The van der Waals surface area contributed by atoms with Gasteiger partial charge in [-0.2, -0.15) is 13.2 Å². The van der Waals surface area contributed by atoms with E-state index < -0.39 is 31.6 Å². The predicted molar refractivity (Wildman–Crippen MR) is 98.4 cm³/mol. The van der Waals surface area contributed by atoms with Gasteiger partial charge in [0.1, 0.15) is 0 Å². The second-order valence-corrected chi connectivity index (χ2v) is 11.1. The summed E-state index contributed by atoms with van der Waals surface area (Å²) in [5, 5.41) is -0.985. The van der Waals surface area contributed by atoms with E-state index in [9.17, 15) is 26.4 Å². The van der Waals surface area contributed by atoms with Crippen molar-refractivity contribution in [3.63, 3.8) is 0 Å². The van der Waals surface area contributed by atoms with Crippen molar-refractivity contribution < 1.29 is 26.4 Å². The summed E-state index contributed by atoms with van der Waals surface area (Å²) in [5.74, 6) is -0.259. The third-order valence-electron chi connectivity index (χ3n) is 4.75. The highest BCUT2D eigenvalue weighted by Crippen LogP contribution is 2.35. The minimum Gasteiger partial charge on any atom is -0.341 e. The van der Waals surface area contributed by atoms with E-state index in [0.717, 1.165) is 6.07 Å². The van der Waals surface area contributed by atoms with Crippen LogP contribution >= 0.6 is 11.6 Å². The zero-order valence-corrected chi connectivity index (χ0v) is 17.0. The molecule has 1 heterocycles. The molecule has 0 N–H and O–H groups in total. The smallest absolute Gasteiger partial charge is 0.341 e. The molecule has 1 aromatic rings. The highest BCUT2D eigenvalue weighted by Gasteiger charge is 2.41. The summed E-state index contributed by atoms with van der Waals surface area (Å²) in [7, 11) is -3.37. The molecule has 1 aliphatic heterocycles. The third kappa shape index (κ3) is 4.96. The van der Waals surface area contributed by atoms with Crippen molar-refractivity contribution in [3.05, 3.63) is 34.3 Å². The normalized spacial score (nSPS) is 18.8. The number of hydrogen-bond donors (Lipinski definition) is 0. The number of sulfone groups is 1. The fourth-order valence-electron chi connectivity index (χ4n) is 3.06. The molecule has 0 spiro atoms. The van der Waals surface area contributed by atoms with E-state index >= 15 is 0 Å². The van der Waals surface area contributed by atoms with Crippen molar-refractivity contribution in [2.24, 2.45) is 0 Å². The van der Waals surface area contributed by atoms with Crippen molar-refractivity contribution in [2.75, 3.05) is 13.1 Å². The molecule has 1 saturated heterocycles. The van der Waals surface area contributed by atoms with Crippen LogP contribution in [0.5, 0.6) is 0 Å². The topological polar surface area (TPSA) is 54.5 Å². The Kier molecular flexibility index (Phi) is 6.21. The number of halogens is 4. The Morgan fingerprint density at radius 1 is 1.26 bits per heavy atom. The van der Waals surface area contributed by atoms with E-state index in [-0.39, 0.29) is 30.3 Å². The summed E-state index contributed by atoms with van der Waals surface area (Å²) in [6.45, 7) is 5.36. The number of nitrogens with zero attached hydrogens (tertiary/aromatic N) is 1. The Balaban J connectivity index is 2.00. The lowest BCUT2D eigenvalue weighted by molar-refractivity contribution is -0.137. The minimum absolute atomic E-state index is 0.0151. The average molecular weight is 426 g/mol. The standard InChI is InChI=1S/C18H23ClF3NO3S/c1-17(2,3)27(25,26)13-8-9-23(11-13)16(24)7-5-12-4-6-15(19)14(10-12)18(20,21)22/h4,6,10,13H,5,7-9,11H2,1-3H3/t13-/m1/s1. The van der Waals surface area contributed by atoms with E-state index in [2.05, 4.69) is 0 Å². The van der Waals surface area contributed by atoms with Crippen LogP contribution in [-0.2, 0) is 27.2 Å². The van der Waals surface area contributed by atoms with E-state index in [1.807, 2.05) is 0 Å². The molecule has 0 aromatic heterocycles. The molecular formula is C18H23ClF3NO3S. The zero-order chi connectivity index (χ0) is 20.6. The predicted octanol–water partition coefficient (Wildman–Crippen LogP) is 4.11. The molecule has 0 saturated carbocycles. The number of likely N-dealkylation sites (tertiary alicyclic amines) is 1. The number of hydrogen-bond acceptors (Lipinski definition) is 3. The number of carbonyl (C=O) groups is 1. The fraction of sp³-hybridized carbons (Fsp3) is 0.611. The summed E-state index contributed by atoms with van der Waals surface area (Å²) >= 11 is 5.59. The van der Waals surface area contributed by atoms with Gasteiger partial charge in [-0.3, -0.25) is 4.79 Å². The summed E-state index contributed by atoms with van der Waals surface area (Å²) in [6.07, 6.45) is -4.03. The highest BCUT2D eigenvalue weighted by atomic mass is 35.5. The van der Waals surface area contributed by atoms with Gasteiger partial charge in [0.15, 0.2) is 9.84 Å². The molecule has 1 amide bonds. The second-order valence-electron chi connectivity index (χ2n) is 7.72. The fourth-order valence-corrected chi connectivity index (χ4v) is 5.08. The molecule has 0 bridgehead atoms. The number of amides is 1. The lowest BCUT2D eigenvalue weighted by Crippen LogP contribution is -2.39.